The third-order valence-corrected chi connectivity index (χ3v) is 15.8. The van der Waals surface area contributed by atoms with Crippen LogP contribution < -0.4 is 0 Å². The van der Waals surface area contributed by atoms with E-state index < -0.39 is 0 Å². The van der Waals surface area contributed by atoms with Crippen molar-refractivity contribution in [1.82, 2.24) is 0 Å². The summed E-state index contributed by atoms with van der Waals surface area (Å²) in [5, 5.41) is 0. The minimum Gasteiger partial charge on any atom is -0.381 e. The zero-order valence-corrected chi connectivity index (χ0v) is 35.5. The van der Waals surface area contributed by atoms with Crippen molar-refractivity contribution in [2.75, 3.05) is 13.2 Å². The summed E-state index contributed by atoms with van der Waals surface area (Å²) < 4.78 is 36.0. The molecule has 4 aliphatic carbocycles. The van der Waals surface area contributed by atoms with E-state index in [2.05, 4.69) is 26.0 Å². The van der Waals surface area contributed by atoms with Crippen LogP contribution in [0.4, 0.5) is 8.78 Å². The Morgan fingerprint density at radius 1 is 0.436 bits per heavy atom. The summed E-state index contributed by atoms with van der Waals surface area (Å²) in [5.74, 6) is 7.32. The summed E-state index contributed by atoms with van der Waals surface area (Å²) in [7, 11) is 0. The van der Waals surface area contributed by atoms with E-state index in [1.807, 2.05) is 12.1 Å². The fraction of sp³-hybridized carbons (Fsp3) is 0.769. The lowest BCUT2D eigenvalue weighted by Crippen LogP contribution is -2.26. The molecule has 0 heterocycles. The zero-order chi connectivity index (χ0) is 38.2. The molecule has 0 bridgehead atoms. The number of aryl methyl sites for hydroxylation is 2. The van der Waals surface area contributed by atoms with Gasteiger partial charge in [-0.3, -0.25) is 0 Å². The van der Waals surface area contributed by atoms with Crippen molar-refractivity contribution in [1.29, 1.82) is 0 Å². The number of rotatable bonds is 20. The fourth-order valence-electron chi connectivity index (χ4n) is 11.9. The quantitative estimate of drug-likeness (QED) is 0.122. The lowest BCUT2D eigenvalue weighted by molar-refractivity contribution is 0.139. The van der Waals surface area contributed by atoms with Crippen molar-refractivity contribution < 1.29 is 13.5 Å². The Kier molecular flexibility index (Phi) is 17.9. The second-order valence-electron chi connectivity index (χ2n) is 19.4. The summed E-state index contributed by atoms with van der Waals surface area (Å²) >= 11 is 0. The summed E-state index contributed by atoms with van der Waals surface area (Å²) in [6, 6.07) is 11.7. The lowest BCUT2D eigenvalue weighted by Gasteiger charge is -2.38. The molecule has 55 heavy (non-hydrogen) atoms. The van der Waals surface area contributed by atoms with Crippen molar-refractivity contribution >= 4 is 0 Å². The Bertz CT molecular complexity index is 1250. The van der Waals surface area contributed by atoms with Gasteiger partial charge in [0.2, 0.25) is 0 Å². The maximum absolute atomic E-state index is 15.0. The molecule has 4 fully saturated rings. The third kappa shape index (κ3) is 13.7. The number of hydrogen-bond acceptors (Lipinski definition) is 1. The average Bonchev–Trinajstić information content (AvgIpc) is 3.22. The van der Waals surface area contributed by atoms with Gasteiger partial charge >= 0.3 is 0 Å². The molecule has 6 rings (SSSR count). The highest BCUT2D eigenvalue weighted by Gasteiger charge is 2.32. The molecule has 0 radical (unpaired) electrons. The first kappa shape index (κ1) is 42.9. The van der Waals surface area contributed by atoms with E-state index in [9.17, 15) is 0 Å². The molecular formula is C52H80F2O. The summed E-state index contributed by atoms with van der Waals surface area (Å²) in [6.07, 6.45) is 36.9. The molecule has 4 saturated carbocycles. The fourth-order valence-corrected chi connectivity index (χ4v) is 11.9. The van der Waals surface area contributed by atoms with Crippen LogP contribution in [0.2, 0.25) is 0 Å². The predicted molar refractivity (Wildman–Crippen MR) is 229 cm³/mol. The molecular weight excluding hydrogens is 679 g/mol. The van der Waals surface area contributed by atoms with Crippen molar-refractivity contribution in [2.24, 2.45) is 47.3 Å². The Hall–Kier alpha value is -1.74. The summed E-state index contributed by atoms with van der Waals surface area (Å²) in [5.41, 5.74) is 3.71. The van der Waals surface area contributed by atoms with Crippen molar-refractivity contribution in [2.45, 2.75) is 194 Å². The van der Waals surface area contributed by atoms with E-state index in [1.54, 1.807) is 12.1 Å². The average molecular weight is 759 g/mol. The van der Waals surface area contributed by atoms with Gasteiger partial charge in [-0.15, -0.1) is 0 Å². The number of hydrogen-bond donors (Lipinski definition) is 0. The maximum Gasteiger partial charge on any atom is 0.126 e. The van der Waals surface area contributed by atoms with E-state index in [0.29, 0.717) is 26.1 Å². The van der Waals surface area contributed by atoms with Crippen LogP contribution in [0.5, 0.6) is 0 Å². The summed E-state index contributed by atoms with van der Waals surface area (Å²) in [4.78, 5) is 0. The largest absolute Gasteiger partial charge is 0.381 e. The standard InChI is InChI=1S/C52H80F2O/c1-3-5-7-39-13-23-45(24-14-39)47-27-17-41(18-28-47)9-11-43-21-31-49(51(53)37-43)33-35-55-36-34-50-32-22-44(38-52(50)54)12-10-42-19-29-48(30-20-42)46-25-15-40(16-26-46)8-6-4-2/h21-22,31-32,37-42,45-48H,3-20,23-30,33-36H2,1-2H3. The van der Waals surface area contributed by atoms with E-state index in [4.69, 9.17) is 4.74 Å². The highest BCUT2D eigenvalue weighted by Crippen LogP contribution is 2.44. The van der Waals surface area contributed by atoms with Gasteiger partial charge in [-0.25, -0.2) is 8.78 Å². The molecule has 0 spiro atoms. The Morgan fingerprint density at radius 3 is 1.07 bits per heavy atom. The smallest absolute Gasteiger partial charge is 0.126 e. The van der Waals surface area contributed by atoms with Crippen LogP contribution in [0.1, 0.15) is 190 Å². The highest BCUT2D eigenvalue weighted by atomic mass is 19.1. The van der Waals surface area contributed by atoms with Crippen LogP contribution in [0.25, 0.3) is 0 Å². The minimum absolute atomic E-state index is 0.103. The molecule has 4 aliphatic rings. The Balaban J connectivity index is 0.806. The highest BCUT2D eigenvalue weighted by molar-refractivity contribution is 5.26. The second-order valence-corrected chi connectivity index (χ2v) is 19.4. The van der Waals surface area contributed by atoms with Crippen LogP contribution in [-0.4, -0.2) is 13.2 Å². The van der Waals surface area contributed by atoms with Crippen LogP contribution >= 0.6 is 0 Å². The molecule has 0 saturated heterocycles. The van der Waals surface area contributed by atoms with Gasteiger partial charge in [0.05, 0.1) is 13.2 Å². The van der Waals surface area contributed by atoms with E-state index >= 15 is 8.78 Å². The first-order chi connectivity index (χ1) is 27.0. The van der Waals surface area contributed by atoms with E-state index in [-0.39, 0.29) is 11.6 Å². The second kappa shape index (κ2) is 23.0. The van der Waals surface area contributed by atoms with Gasteiger partial charge in [0.1, 0.15) is 11.6 Å². The molecule has 2 aromatic rings. The molecule has 0 aromatic heterocycles. The molecule has 1 nitrogen and oxygen atoms in total. The molecule has 0 aliphatic heterocycles. The van der Waals surface area contributed by atoms with E-state index in [1.165, 1.54) is 154 Å². The number of benzene rings is 2. The molecule has 3 heteroatoms. The molecule has 2 aromatic carbocycles. The predicted octanol–water partition coefficient (Wildman–Crippen LogP) is 15.2. The Labute approximate surface area is 337 Å². The zero-order valence-electron chi connectivity index (χ0n) is 35.5. The Morgan fingerprint density at radius 2 is 0.764 bits per heavy atom. The molecule has 0 amide bonds. The van der Waals surface area contributed by atoms with Gasteiger partial charge in [0.25, 0.3) is 0 Å². The van der Waals surface area contributed by atoms with Gasteiger partial charge in [-0.05, 0) is 172 Å². The van der Waals surface area contributed by atoms with E-state index in [0.717, 1.165) is 82.4 Å². The normalized spacial score (nSPS) is 29.0. The van der Waals surface area contributed by atoms with Gasteiger partial charge in [-0.2, -0.15) is 0 Å². The van der Waals surface area contributed by atoms with Gasteiger partial charge in [0.15, 0.2) is 0 Å². The molecule has 0 N–H and O–H groups in total. The monoisotopic (exact) mass is 759 g/mol. The number of ether oxygens (including phenoxy) is 1. The molecule has 308 valence electrons. The first-order valence-corrected chi connectivity index (χ1v) is 24.1. The maximum atomic E-state index is 15.0. The topological polar surface area (TPSA) is 9.23 Å². The van der Waals surface area contributed by atoms with Crippen LogP contribution in [-0.2, 0) is 30.4 Å². The van der Waals surface area contributed by atoms with Gasteiger partial charge < -0.3 is 4.74 Å². The van der Waals surface area contributed by atoms with Crippen molar-refractivity contribution in [3.05, 3.63) is 70.3 Å². The summed E-state index contributed by atoms with van der Waals surface area (Å²) in [6.45, 7) is 5.56. The van der Waals surface area contributed by atoms with Crippen LogP contribution in [0.15, 0.2) is 36.4 Å². The first-order valence-electron chi connectivity index (χ1n) is 24.1. The van der Waals surface area contributed by atoms with Crippen molar-refractivity contribution in [3.63, 3.8) is 0 Å². The lowest BCUT2D eigenvalue weighted by atomic mass is 9.68. The van der Waals surface area contributed by atoms with Crippen LogP contribution in [0.3, 0.4) is 0 Å². The SMILES string of the molecule is CCCCC1CCC(C2CCC(CCc3ccc(CCOCCc4ccc(CCC5CCC(C6CCC(CCCC)CC6)CC5)cc4F)c(F)c3)CC2)CC1. The van der Waals surface area contributed by atoms with Gasteiger partial charge in [-0.1, -0.05) is 128 Å². The molecule has 0 atom stereocenters. The third-order valence-electron chi connectivity index (χ3n) is 15.8. The number of halogens is 2. The molecule has 0 unspecified atom stereocenters. The number of unbranched alkanes of at least 4 members (excludes halogenated alkanes) is 2. The minimum atomic E-state index is -0.103. The van der Waals surface area contributed by atoms with Crippen LogP contribution in [0, 0.1) is 59.0 Å². The van der Waals surface area contributed by atoms with Gasteiger partial charge in [0, 0.05) is 0 Å². The van der Waals surface area contributed by atoms with Crippen molar-refractivity contribution in [3.8, 4) is 0 Å².